The smallest absolute Gasteiger partial charge is 0.131 e. The van der Waals surface area contributed by atoms with E-state index in [0.717, 1.165) is 13.1 Å². The number of rotatable bonds is 6. The number of nitrogens with zero attached hydrogens (tertiary/aromatic N) is 1. The summed E-state index contributed by atoms with van der Waals surface area (Å²) in [6.07, 6.45) is 0.652. The molecule has 1 unspecified atom stereocenters. The van der Waals surface area contributed by atoms with Gasteiger partial charge in [0.15, 0.2) is 0 Å². The summed E-state index contributed by atoms with van der Waals surface area (Å²) in [4.78, 5) is 14.8. The highest BCUT2D eigenvalue weighted by atomic mass is 32.1. The number of ketones is 1. The van der Waals surface area contributed by atoms with Gasteiger partial charge in [-0.15, -0.1) is 11.3 Å². The maximum atomic E-state index is 11.1. The van der Waals surface area contributed by atoms with Gasteiger partial charge in [-0.2, -0.15) is 0 Å². The number of carbonyl (C=O) groups excluding carboxylic acids is 1. The Morgan fingerprint density at radius 2 is 2.33 bits per heavy atom. The molecular formula is C12H19NOS. The van der Waals surface area contributed by atoms with Gasteiger partial charge in [0.1, 0.15) is 5.78 Å². The lowest BCUT2D eigenvalue weighted by Gasteiger charge is -2.26. The fourth-order valence-corrected chi connectivity index (χ4v) is 2.46. The van der Waals surface area contributed by atoms with E-state index in [9.17, 15) is 4.79 Å². The Labute approximate surface area is 95.9 Å². The number of hydrogen-bond acceptors (Lipinski definition) is 3. The molecule has 0 amide bonds. The van der Waals surface area contributed by atoms with Gasteiger partial charge in [-0.25, -0.2) is 0 Å². The molecule has 1 aromatic rings. The summed E-state index contributed by atoms with van der Waals surface area (Å²) >= 11 is 1.78. The molecule has 0 aliphatic carbocycles. The van der Waals surface area contributed by atoms with Gasteiger partial charge >= 0.3 is 0 Å². The first-order chi connectivity index (χ1) is 7.13. The van der Waals surface area contributed by atoms with Gasteiger partial charge in [-0.1, -0.05) is 13.0 Å². The second-order valence-electron chi connectivity index (χ2n) is 3.90. The third-order valence-corrected chi connectivity index (χ3v) is 3.41. The average molecular weight is 225 g/mol. The molecule has 0 aliphatic heterocycles. The largest absolute Gasteiger partial charge is 0.300 e. The molecule has 0 saturated heterocycles. The summed E-state index contributed by atoms with van der Waals surface area (Å²) in [5.41, 5.74) is 0. The monoisotopic (exact) mass is 225 g/mol. The molecule has 0 aliphatic rings. The first kappa shape index (κ1) is 12.4. The van der Waals surface area contributed by atoms with Crippen molar-refractivity contribution in [2.24, 2.45) is 0 Å². The van der Waals surface area contributed by atoms with Crippen LogP contribution >= 0.6 is 11.3 Å². The van der Waals surface area contributed by atoms with Crippen LogP contribution in [0.5, 0.6) is 0 Å². The van der Waals surface area contributed by atoms with Crippen molar-refractivity contribution in [3.05, 3.63) is 22.4 Å². The highest BCUT2D eigenvalue weighted by Gasteiger charge is 2.14. The van der Waals surface area contributed by atoms with Crippen LogP contribution in [-0.2, 0) is 11.3 Å². The lowest BCUT2D eigenvalue weighted by atomic mass is 10.1. The highest BCUT2D eigenvalue weighted by molar-refractivity contribution is 7.09. The second kappa shape index (κ2) is 6.03. The molecule has 1 heterocycles. The van der Waals surface area contributed by atoms with Crippen molar-refractivity contribution in [1.82, 2.24) is 4.90 Å². The molecule has 2 nitrogen and oxygen atoms in total. The summed E-state index contributed by atoms with van der Waals surface area (Å²) in [7, 11) is 0. The second-order valence-corrected chi connectivity index (χ2v) is 4.93. The van der Waals surface area contributed by atoms with Crippen molar-refractivity contribution in [3.8, 4) is 0 Å². The van der Waals surface area contributed by atoms with Crippen molar-refractivity contribution in [3.63, 3.8) is 0 Å². The van der Waals surface area contributed by atoms with Crippen molar-refractivity contribution in [2.45, 2.75) is 39.8 Å². The van der Waals surface area contributed by atoms with Gasteiger partial charge < -0.3 is 0 Å². The average Bonchev–Trinajstić information content (AvgIpc) is 2.65. The predicted molar refractivity (Wildman–Crippen MR) is 65.2 cm³/mol. The van der Waals surface area contributed by atoms with E-state index >= 15 is 0 Å². The molecule has 0 N–H and O–H groups in total. The zero-order chi connectivity index (χ0) is 11.3. The molecule has 15 heavy (non-hydrogen) atoms. The Bertz CT molecular complexity index is 295. The third kappa shape index (κ3) is 4.14. The summed E-state index contributed by atoms with van der Waals surface area (Å²) in [6.45, 7) is 7.88. The molecule has 1 aromatic heterocycles. The molecule has 0 bridgehead atoms. The Morgan fingerprint density at radius 1 is 1.60 bits per heavy atom. The van der Waals surface area contributed by atoms with Gasteiger partial charge in [0.2, 0.25) is 0 Å². The van der Waals surface area contributed by atoms with Crippen LogP contribution in [0.1, 0.15) is 32.1 Å². The minimum atomic E-state index is 0.270. The maximum absolute atomic E-state index is 11.1. The Morgan fingerprint density at radius 3 is 2.80 bits per heavy atom. The van der Waals surface area contributed by atoms with Crippen molar-refractivity contribution >= 4 is 17.1 Å². The van der Waals surface area contributed by atoms with Gasteiger partial charge in [0.25, 0.3) is 0 Å². The minimum absolute atomic E-state index is 0.270. The molecule has 0 fully saturated rings. The first-order valence-electron chi connectivity index (χ1n) is 5.39. The number of hydrogen-bond donors (Lipinski definition) is 0. The van der Waals surface area contributed by atoms with Crippen LogP contribution in [0.3, 0.4) is 0 Å². The van der Waals surface area contributed by atoms with E-state index < -0.39 is 0 Å². The lowest BCUT2D eigenvalue weighted by Crippen LogP contribution is -2.33. The van der Waals surface area contributed by atoms with Crippen LogP contribution in [0.2, 0.25) is 0 Å². The Kier molecular flexibility index (Phi) is 4.99. The van der Waals surface area contributed by atoms with Gasteiger partial charge in [-0.3, -0.25) is 9.69 Å². The molecular weight excluding hydrogens is 206 g/mol. The standard InChI is InChI=1S/C12H19NOS/c1-4-13(10(2)8-11(3)14)9-12-6-5-7-15-12/h5-7,10H,4,8-9H2,1-3H3. The van der Waals surface area contributed by atoms with Crippen LogP contribution in [0.15, 0.2) is 17.5 Å². The van der Waals surface area contributed by atoms with Crippen LogP contribution in [0, 0.1) is 0 Å². The van der Waals surface area contributed by atoms with Crippen LogP contribution in [-0.4, -0.2) is 23.3 Å². The van der Waals surface area contributed by atoms with Crippen molar-refractivity contribution < 1.29 is 4.79 Å². The molecule has 0 radical (unpaired) electrons. The quantitative estimate of drug-likeness (QED) is 0.742. The zero-order valence-corrected chi connectivity index (χ0v) is 10.5. The summed E-state index contributed by atoms with van der Waals surface area (Å²) < 4.78 is 0. The zero-order valence-electron chi connectivity index (χ0n) is 9.69. The highest BCUT2D eigenvalue weighted by Crippen LogP contribution is 2.15. The van der Waals surface area contributed by atoms with E-state index in [1.54, 1.807) is 18.3 Å². The van der Waals surface area contributed by atoms with Crippen LogP contribution in [0.25, 0.3) is 0 Å². The van der Waals surface area contributed by atoms with E-state index in [4.69, 9.17) is 0 Å². The van der Waals surface area contributed by atoms with Crippen molar-refractivity contribution in [2.75, 3.05) is 6.54 Å². The summed E-state index contributed by atoms with van der Waals surface area (Å²) in [6, 6.07) is 4.56. The minimum Gasteiger partial charge on any atom is -0.300 e. The molecule has 3 heteroatoms. The third-order valence-electron chi connectivity index (χ3n) is 2.55. The van der Waals surface area contributed by atoms with Gasteiger partial charge in [0.05, 0.1) is 0 Å². The summed E-state index contributed by atoms with van der Waals surface area (Å²) in [5, 5.41) is 2.10. The van der Waals surface area contributed by atoms with Crippen LogP contribution in [0.4, 0.5) is 0 Å². The molecule has 0 spiro atoms. The maximum Gasteiger partial charge on any atom is 0.131 e. The van der Waals surface area contributed by atoms with E-state index in [2.05, 4.69) is 36.3 Å². The topological polar surface area (TPSA) is 20.3 Å². The van der Waals surface area contributed by atoms with E-state index in [1.807, 2.05) is 0 Å². The van der Waals surface area contributed by atoms with Gasteiger partial charge in [-0.05, 0) is 31.8 Å². The fraction of sp³-hybridized carbons (Fsp3) is 0.583. The molecule has 0 aromatic carbocycles. The number of carbonyl (C=O) groups is 1. The Balaban J connectivity index is 2.51. The fourth-order valence-electron chi connectivity index (χ4n) is 1.73. The molecule has 0 saturated carbocycles. The van der Waals surface area contributed by atoms with Crippen molar-refractivity contribution in [1.29, 1.82) is 0 Å². The van der Waals surface area contributed by atoms with E-state index in [-0.39, 0.29) is 5.78 Å². The summed E-state index contributed by atoms with van der Waals surface area (Å²) in [5.74, 6) is 0.270. The van der Waals surface area contributed by atoms with Crippen LogP contribution < -0.4 is 0 Å². The predicted octanol–water partition coefficient (Wildman–Crippen LogP) is 2.94. The molecule has 1 atom stereocenters. The lowest BCUT2D eigenvalue weighted by molar-refractivity contribution is -0.118. The first-order valence-corrected chi connectivity index (χ1v) is 6.27. The number of thiophene rings is 1. The SMILES string of the molecule is CCN(Cc1cccs1)C(C)CC(C)=O. The normalized spacial score (nSPS) is 13.1. The Hall–Kier alpha value is -0.670. The number of Topliss-reactive ketones (excluding diaryl/α,β-unsaturated/α-hetero) is 1. The van der Waals surface area contributed by atoms with E-state index in [0.29, 0.717) is 12.5 Å². The molecule has 84 valence electrons. The van der Waals surface area contributed by atoms with Gasteiger partial charge in [0, 0.05) is 23.9 Å². The van der Waals surface area contributed by atoms with E-state index in [1.165, 1.54) is 4.88 Å². The molecule has 1 rings (SSSR count).